The maximum Gasteiger partial charge on any atom is 0.328 e. The zero-order valence-electron chi connectivity index (χ0n) is 19.6. The Labute approximate surface area is 211 Å². The first-order valence-corrected chi connectivity index (χ1v) is 12.0. The zero-order chi connectivity index (χ0) is 25.1. The summed E-state index contributed by atoms with van der Waals surface area (Å²) in [5.41, 5.74) is 7.64. The van der Waals surface area contributed by atoms with E-state index in [2.05, 4.69) is 32.0 Å². The van der Waals surface area contributed by atoms with E-state index in [-0.39, 0.29) is 5.69 Å². The summed E-state index contributed by atoms with van der Waals surface area (Å²) in [5.74, 6) is -2.14. The van der Waals surface area contributed by atoms with Crippen LogP contribution in [0.2, 0.25) is 0 Å². The number of fused-ring (bicyclic) bond motifs is 1. The summed E-state index contributed by atoms with van der Waals surface area (Å²) in [7, 11) is 0. The number of amides is 3. The Morgan fingerprint density at radius 3 is 2.37 bits per heavy atom. The summed E-state index contributed by atoms with van der Waals surface area (Å²) < 4.78 is 2.16. The molecule has 3 amide bonds. The third-order valence-corrected chi connectivity index (χ3v) is 6.32. The van der Waals surface area contributed by atoms with Gasteiger partial charge in [-0.3, -0.25) is 19.8 Å². The van der Waals surface area contributed by atoms with E-state index >= 15 is 0 Å². The lowest BCUT2D eigenvalue weighted by Gasteiger charge is -2.14. The molecule has 4 aromatic rings. The molecule has 8 heteroatoms. The molecule has 0 radical (unpaired) electrons. The van der Waals surface area contributed by atoms with Crippen molar-refractivity contribution in [2.75, 3.05) is 16.1 Å². The van der Waals surface area contributed by atoms with E-state index in [1.54, 1.807) is 30.3 Å². The van der Waals surface area contributed by atoms with E-state index in [0.29, 0.717) is 23.3 Å². The number of halogens is 1. The number of para-hydroxylation sites is 1. The van der Waals surface area contributed by atoms with Crippen molar-refractivity contribution in [3.05, 3.63) is 93.6 Å². The lowest BCUT2D eigenvalue weighted by Crippen LogP contribution is -2.36. The third-order valence-electron chi connectivity index (χ3n) is 5.83. The van der Waals surface area contributed by atoms with Crippen molar-refractivity contribution in [1.29, 1.82) is 0 Å². The monoisotopic (exact) mass is 532 g/mol. The number of anilines is 2. The minimum absolute atomic E-state index is 0.187. The first kappa shape index (κ1) is 24.2. The van der Waals surface area contributed by atoms with Gasteiger partial charge in [0.05, 0.1) is 5.52 Å². The predicted octanol–water partition coefficient (Wildman–Crippen LogP) is 5.54. The second-order valence-corrected chi connectivity index (χ2v) is 9.14. The van der Waals surface area contributed by atoms with Crippen LogP contribution in [0.1, 0.15) is 34.1 Å². The second kappa shape index (κ2) is 10.1. The van der Waals surface area contributed by atoms with E-state index < -0.39 is 17.7 Å². The summed E-state index contributed by atoms with van der Waals surface area (Å²) in [6.07, 6.45) is 0.706. The molecule has 7 nitrogen and oxygen atoms in total. The molecule has 178 valence electrons. The molecule has 0 fully saturated rings. The molecule has 4 rings (SSSR count). The number of aromatic nitrogens is 1. The Balaban J connectivity index is 1.63. The molecule has 0 aliphatic carbocycles. The number of carbonyl (C=O) groups is 3. The van der Waals surface area contributed by atoms with E-state index in [9.17, 15) is 14.4 Å². The fraction of sp³-hybridized carbons (Fsp3) is 0.148. The third kappa shape index (κ3) is 5.27. The van der Waals surface area contributed by atoms with E-state index in [1.807, 2.05) is 57.2 Å². The van der Waals surface area contributed by atoms with Gasteiger partial charge in [-0.15, -0.1) is 0 Å². The van der Waals surface area contributed by atoms with Gasteiger partial charge in [0, 0.05) is 21.2 Å². The molecular weight excluding hydrogens is 508 g/mol. The van der Waals surface area contributed by atoms with E-state index in [1.165, 1.54) is 4.68 Å². The van der Waals surface area contributed by atoms with Crippen LogP contribution in [0.25, 0.3) is 10.9 Å². The summed E-state index contributed by atoms with van der Waals surface area (Å²) in [6, 6.07) is 20.0. The summed E-state index contributed by atoms with van der Waals surface area (Å²) >= 11 is 3.44. The topological polar surface area (TPSA) is 92.2 Å². The highest BCUT2D eigenvalue weighted by molar-refractivity contribution is 9.10. The summed E-state index contributed by atoms with van der Waals surface area (Å²) in [4.78, 5) is 38.8. The lowest BCUT2D eigenvalue weighted by molar-refractivity contribution is -0.133. The largest absolute Gasteiger partial charge is 0.328 e. The highest BCUT2D eigenvalue weighted by Gasteiger charge is 2.21. The van der Waals surface area contributed by atoms with Crippen molar-refractivity contribution in [1.82, 2.24) is 4.68 Å². The second-order valence-electron chi connectivity index (χ2n) is 8.23. The van der Waals surface area contributed by atoms with Crippen LogP contribution in [0, 0.1) is 13.8 Å². The molecule has 0 aliphatic heterocycles. The first-order valence-electron chi connectivity index (χ1n) is 11.2. The highest BCUT2D eigenvalue weighted by atomic mass is 79.9. The number of hydrogen-bond donors (Lipinski definition) is 3. The Morgan fingerprint density at radius 2 is 1.63 bits per heavy atom. The van der Waals surface area contributed by atoms with Crippen molar-refractivity contribution in [2.45, 2.75) is 27.2 Å². The normalized spacial score (nSPS) is 10.7. The lowest BCUT2D eigenvalue weighted by atomic mass is 10.1. The molecule has 1 heterocycles. The molecule has 0 unspecified atom stereocenters. The number of rotatable bonds is 5. The zero-order valence-corrected chi connectivity index (χ0v) is 21.2. The Hall–Kier alpha value is -3.91. The van der Waals surface area contributed by atoms with Crippen molar-refractivity contribution in [2.24, 2.45) is 0 Å². The van der Waals surface area contributed by atoms with Gasteiger partial charge in [-0.1, -0.05) is 47.1 Å². The van der Waals surface area contributed by atoms with Crippen LogP contribution in [-0.4, -0.2) is 22.4 Å². The fourth-order valence-corrected chi connectivity index (χ4v) is 4.15. The molecule has 0 spiro atoms. The average Bonchev–Trinajstić information content (AvgIpc) is 3.19. The average molecular weight is 533 g/mol. The van der Waals surface area contributed by atoms with Gasteiger partial charge in [-0.25, -0.2) is 4.68 Å². The van der Waals surface area contributed by atoms with Gasteiger partial charge >= 0.3 is 11.8 Å². The molecule has 0 saturated carbocycles. The van der Waals surface area contributed by atoms with Crippen molar-refractivity contribution >= 4 is 55.9 Å². The van der Waals surface area contributed by atoms with Crippen molar-refractivity contribution < 1.29 is 14.4 Å². The van der Waals surface area contributed by atoms with Crippen LogP contribution < -0.4 is 16.1 Å². The van der Waals surface area contributed by atoms with Crippen molar-refractivity contribution in [3.8, 4) is 0 Å². The number of aryl methyl sites for hydroxylation is 3. The first-order chi connectivity index (χ1) is 16.8. The number of nitrogens with zero attached hydrogens (tertiary/aromatic N) is 1. The highest BCUT2D eigenvalue weighted by Crippen LogP contribution is 2.24. The van der Waals surface area contributed by atoms with Gasteiger partial charge in [0.25, 0.3) is 5.91 Å². The molecule has 3 aromatic carbocycles. The fourth-order valence-electron chi connectivity index (χ4n) is 3.77. The number of benzene rings is 3. The molecule has 35 heavy (non-hydrogen) atoms. The molecule has 0 bridgehead atoms. The molecule has 3 N–H and O–H groups in total. The predicted molar refractivity (Wildman–Crippen MR) is 142 cm³/mol. The van der Waals surface area contributed by atoms with E-state index in [0.717, 1.165) is 26.5 Å². The van der Waals surface area contributed by atoms with Gasteiger partial charge < -0.3 is 10.6 Å². The summed E-state index contributed by atoms with van der Waals surface area (Å²) in [5, 5.41) is 6.26. The van der Waals surface area contributed by atoms with E-state index in [4.69, 9.17) is 0 Å². The van der Waals surface area contributed by atoms with Crippen LogP contribution in [0.5, 0.6) is 0 Å². The van der Waals surface area contributed by atoms with Crippen LogP contribution in [-0.2, 0) is 16.0 Å². The van der Waals surface area contributed by atoms with Crippen LogP contribution >= 0.6 is 15.9 Å². The van der Waals surface area contributed by atoms with Gasteiger partial charge in [0.15, 0.2) is 0 Å². The van der Waals surface area contributed by atoms with Crippen LogP contribution in [0.15, 0.2) is 71.2 Å². The molecule has 0 atom stereocenters. The maximum atomic E-state index is 13.2. The molecule has 0 saturated heterocycles. The minimum Gasteiger partial charge on any atom is -0.321 e. The minimum atomic E-state index is -0.892. The number of carbonyl (C=O) groups excluding carboxylic acids is 3. The Morgan fingerprint density at radius 1 is 0.857 bits per heavy atom. The SMILES string of the molecule is CCc1ccccc1NC(=O)C(=O)Nn1c(C(=O)Nc2ccc(C)c(C)c2)cc2cc(Br)ccc21. The Bertz CT molecular complexity index is 1460. The standard InChI is InChI=1S/C27H25BrN4O3/c1-4-18-7-5-6-8-22(18)30-26(34)27(35)31-32-23-12-10-20(28)14-19(23)15-24(32)25(33)29-21-11-9-16(2)17(3)13-21/h5-15H,4H2,1-3H3,(H,29,33)(H,30,34)(H,31,35). The smallest absolute Gasteiger partial charge is 0.321 e. The van der Waals surface area contributed by atoms with Gasteiger partial charge in [0.1, 0.15) is 5.69 Å². The summed E-state index contributed by atoms with van der Waals surface area (Å²) in [6.45, 7) is 5.93. The molecule has 0 aliphatic rings. The van der Waals surface area contributed by atoms with Crippen molar-refractivity contribution in [3.63, 3.8) is 0 Å². The molecular formula is C27H25BrN4O3. The van der Waals surface area contributed by atoms with Gasteiger partial charge in [-0.05, 0) is 79.4 Å². The molecule has 1 aromatic heterocycles. The van der Waals surface area contributed by atoms with Crippen LogP contribution in [0.4, 0.5) is 11.4 Å². The Kier molecular flexibility index (Phi) is 7.02. The maximum absolute atomic E-state index is 13.2. The van der Waals surface area contributed by atoms with Crippen LogP contribution in [0.3, 0.4) is 0 Å². The van der Waals surface area contributed by atoms with Gasteiger partial charge in [0.2, 0.25) is 0 Å². The quantitative estimate of drug-likeness (QED) is 0.294. The number of hydrogen-bond acceptors (Lipinski definition) is 3. The van der Waals surface area contributed by atoms with Gasteiger partial charge in [-0.2, -0.15) is 0 Å². The number of nitrogens with one attached hydrogen (secondary N) is 3.